The van der Waals surface area contributed by atoms with Gasteiger partial charge in [0.25, 0.3) is 5.78 Å². The Hall–Kier alpha value is -3.45. The van der Waals surface area contributed by atoms with Crippen LogP contribution in [0.1, 0.15) is 29.7 Å². The number of thiazole rings is 1. The van der Waals surface area contributed by atoms with Gasteiger partial charge in [-0.15, -0.1) is 11.3 Å². The monoisotopic (exact) mass is 418 g/mol. The summed E-state index contributed by atoms with van der Waals surface area (Å²) >= 11 is 1.27. The quantitative estimate of drug-likeness (QED) is 0.394. The van der Waals surface area contributed by atoms with Crippen molar-refractivity contribution in [3.8, 4) is 5.75 Å². The van der Waals surface area contributed by atoms with Crippen LogP contribution in [0.4, 0.5) is 5.13 Å². The molecule has 0 aliphatic carbocycles. The molecule has 2 atom stereocenters. The third-order valence-electron chi connectivity index (χ3n) is 5.35. The summed E-state index contributed by atoms with van der Waals surface area (Å²) in [7, 11) is 0. The van der Waals surface area contributed by atoms with Gasteiger partial charge in [0.05, 0.1) is 11.6 Å². The molecular formula is C23H18N2O4S. The predicted octanol–water partition coefficient (Wildman–Crippen LogP) is 4.09. The maximum atomic E-state index is 13.0. The summed E-state index contributed by atoms with van der Waals surface area (Å²) in [5.74, 6) is -0.828. The number of fused-ring (bicyclic) bond motifs is 1. The van der Waals surface area contributed by atoms with E-state index in [2.05, 4.69) is 4.98 Å². The average molecular weight is 418 g/mol. The standard InChI is InChI=1S/C23H18N2O4S/c1-13-11-16-12-15(7-8-17(16)29-13)20(26)18-19(14-5-3-2-4-6-14)25(22(28)21(18)27)23-24-9-10-30-23/h2-10,12-13,19,26H,11H2,1H3/b20-18+. The van der Waals surface area contributed by atoms with Crippen LogP contribution in [0.3, 0.4) is 0 Å². The number of rotatable bonds is 3. The van der Waals surface area contributed by atoms with Crippen molar-refractivity contribution in [1.82, 2.24) is 4.98 Å². The van der Waals surface area contributed by atoms with Crippen molar-refractivity contribution in [3.63, 3.8) is 0 Å². The van der Waals surface area contributed by atoms with Gasteiger partial charge < -0.3 is 9.84 Å². The molecule has 2 aliphatic rings. The number of benzene rings is 2. The molecule has 1 fully saturated rings. The van der Waals surface area contributed by atoms with Gasteiger partial charge in [-0.25, -0.2) is 4.98 Å². The molecular weight excluding hydrogens is 400 g/mol. The first kappa shape index (κ1) is 18.6. The van der Waals surface area contributed by atoms with Crippen LogP contribution in [0.25, 0.3) is 5.76 Å². The van der Waals surface area contributed by atoms with E-state index in [0.29, 0.717) is 10.7 Å². The molecule has 150 valence electrons. The fraction of sp³-hybridized carbons (Fsp3) is 0.174. The number of nitrogens with zero attached hydrogens (tertiary/aromatic N) is 2. The molecule has 0 radical (unpaired) electrons. The molecule has 2 aliphatic heterocycles. The Morgan fingerprint density at radius 2 is 2.00 bits per heavy atom. The highest BCUT2D eigenvalue weighted by molar-refractivity contribution is 7.14. The molecule has 0 bridgehead atoms. The van der Waals surface area contributed by atoms with E-state index < -0.39 is 17.7 Å². The summed E-state index contributed by atoms with van der Waals surface area (Å²) in [6.45, 7) is 1.98. The molecule has 3 aromatic rings. The minimum atomic E-state index is -0.749. The number of Topliss-reactive ketones (excluding diaryl/α,β-unsaturated/α-hetero) is 1. The van der Waals surface area contributed by atoms with Gasteiger partial charge in [0.2, 0.25) is 0 Å². The summed E-state index contributed by atoms with van der Waals surface area (Å²) in [4.78, 5) is 31.6. The van der Waals surface area contributed by atoms with E-state index in [1.54, 1.807) is 23.7 Å². The topological polar surface area (TPSA) is 79.7 Å². The van der Waals surface area contributed by atoms with Crippen LogP contribution in [-0.2, 0) is 16.0 Å². The summed E-state index contributed by atoms with van der Waals surface area (Å²) in [6.07, 6.45) is 2.38. The number of amides is 1. The van der Waals surface area contributed by atoms with Gasteiger partial charge in [0.1, 0.15) is 17.6 Å². The van der Waals surface area contributed by atoms with Crippen LogP contribution in [0.5, 0.6) is 5.75 Å². The van der Waals surface area contributed by atoms with E-state index in [1.807, 2.05) is 43.3 Å². The molecule has 1 aromatic heterocycles. The highest BCUT2D eigenvalue weighted by Crippen LogP contribution is 2.43. The second kappa shape index (κ2) is 7.11. The first-order valence-corrected chi connectivity index (χ1v) is 10.5. The van der Waals surface area contributed by atoms with Crippen molar-refractivity contribution in [3.05, 3.63) is 82.4 Å². The third kappa shape index (κ3) is 2.90. The van der Waals surface area contributed by atoms with Crippen LogP contribution in [-0.4, -0.2) is 27.9 Å². The number of ketones is 1. The largest absolute Gasteiger partial charge is 0.507 e. The van der Waals surface area contributed by atoms with E-state index in [9.17, 15) is 14.7 Å². The highest BCUT2D eigenvalue weighted by atomic mass is 32.1. The molecule has 2 unspecified atom stereocenters. The number of hydrogen-bond acceptors (Lipinski definition) is 6. The minimum Gasteiger partial charge on any atom is -0.507 e. The van der Waals surface area contributed by atoms with Crippen LogP contribution < -0.4 is 9.64 Å². The maximum Gasteiger partial charge on any atom is 0.301 e. The van der Waals surface area contributed by atoms with Crippen LogP contribution in [0.2, 0.25) is 0 Å². The van der Waals surface area contributed by atoms with E-state index >= 15 is 0 Å². The lowest BCUT2D eigenvalue weighted by Crippen LogP contribution is -2.29. The average Bonchev–Trinajstić information content (AvgIpc) is 3.46. The number of aliphatic hydroxyl groups is 1. The van der Waals surface area contributed by atoms with E-state index in [4.69, 9.17) is 4.74 Å². The van der Waals surface area contributed by atoms with E-state index in [-0.39, 0.29) is 17.4 Å². The lowest BCUT2D eigenvalue weighted by atomic mass is 9.94. The van der Waals surface area contributed by atoms with Crippen molar-refractivity contribution < 1.29 is 19.4 Å². The molecule has 2 aromatic carbocycles. The molecule has 1 saturated heterocycles. The van der Waals surface area contributed by atoms with Crippen molar-refractivity contribution in [2.45, 2.75) is 25.5 Å². The molecule has 5 rings (SSSR count). The molecule has 30 heavy (non-hydrogen) atoms. The van der Waals surface area contributed by atoms with Crippen molar-refractivity contribution in [2.75, 3.05) is 4.90 Å². The SMILES string of the molecule is CC1Cc2cc(/C(O)=C3\C(=O)C(=O)N(c4nccs4)C3c3ccccc3)ccc2O1. The normalized spacial score (nSPS) is 22.2. The number of carbonyl (C=O) groups excluding carboxylic acids is 2. The number of aromatic nitrogens is 1. The number of carbonyl (C=O) groups is 2. The molecule has 1 N–H and O–H groups in total. The molecule has 1 amide bonds. The van der Waals surface area contributed by atoms with Crippen LogP contribution >= 0.6 is 11.3 Å². The summed E-state index contributed by atoms with van der Waals surface area (Å²) in [6, 6.07) is 13.8. The van der Waals surface area contributed by atoms with E-state index in [0.717, 1.165) is 23.3 Å². The van der Waals surface area contributed by atoms with E-state index in [1.165, 1.54) is 16.2 Å². The number of aliphatic hydroxyl groups excluding tert-OH is 1. The van der Waals surface area contributed by atoms with Gasteiger partial charge >= 0.3 is 5.91 Å². The number of anilines is 1. The van der Waals surface area contributed by atoms with Crippen LogP contribution in [0.15, 0.2) is 65.7 Å². The maximum absolute atomic E-state index is 13.0. The van der Waals surface area contributed by atoms with Gasteiger partial charge in [0.15, 0.2) is 5.13 Å². The Bertz CT molecular complexity index is 1170. The molecule has 7 heteroatoms. The Kier molecular flexibility index (Phi) is 4.40. The number of hydrogen-bond donors (Lipinski definition) is 1. The second-order valence-corrected chi connectivity index (χ2v) is 8.22. The van der Waals surface area contributed by atoms with Crippen molar-refractivity contribution >= 4 is 33.9 Å². The van der Waals surface area contributed by atoms with Gasteiger partial charge in [-0.05, 0) is 36.2 Å². The van der Waals surface area contributed by atoms with Crippen molar-refractivity contribution in [2.24, 2.45) is 0 Å². The van der Waals surface area contributed by atoms with Gasteiger partial charge in [-0.2, -0.15) is 0 Å². The lowest BCUT2D eigenvalue weighted by molar-refractivity contribution is -0.132. The van der Waals surface area contributed by atoms with Gasteiger partial charge in [0, 0.05) is 23.6 Å². The zero-order valence-corrected chi connectivity index (χ0v) is 16.9. The summed E-state index contributed by atoms with van der Waals surface area (Å²) in [5, 5.41) is 13.3. The smallest absolute Gasteiger partial charge is 0.301 e. The van der Waals surface area contributed by atoms with Gasteiger partial charge in [-0.3, -0.25) is 14.5 Å². The fourth-order valence-electron chi connectivity index (χ4n) is 4.04. The zero-order valence-electron chi connectivity index (χ0n) is 16.1. The first-order chi connectivity index (χ1) is 14.5. The van der Waals surface area contributed by atoms with Crippen LogP contribution in [0, 0.1) is 0 Å². The molecule has 0 saturated carbocycles. The Labute approximate surface area is 177 Å². The van der Waals surface area contributed by atoms with Gasteiger partial charge in [-0.1, -0.05) is 30.3 Å². The third-order valence-corrected chi connectivity index (χ3v) is 6.13. The Morgan fingerprint density at radius 1 is 1.20 bits per heavy atom. The zero-order chi connectivity index (χ0) is 20.8. The fourth-order valence-corrected chi connectivity index (χ4v) is 4.71. The highest BCUT2D eigenvalue weighted by Gasteiger charge is 2.48. The lowest BCUT2D eigenvalue weighted by Gasteiger charge is -2.22. The summed E-state index contributed by atoms with van der Waals surface area (Å²) < 4.78 is 5.73. The summed E-state index contributed by atoms with van der Waals surface area (Å²) in [5.41, 5.74) is 2.25. The molecule has 6 nitrogen and oxygen atoms in total. The first-order valence-electron chi connectivity index (χ1n) is 9.60. The Morgan fingerprint density at radius 3 is 2.73 bits per heavy atom. The predicted molar refractivity (Wildman–Crippen MR) is 114 cm³/mol. The molecule has 0 spiro atoms. The number of ether oxygens (including phenoxy) is 1. The Balaban J connectivity index is 1.68. The minimum absolute atomic E-state index is 0.0633. The second-order valence-electron chi connectivity index (χ2n) is 7.35. The molecule has 3 heterocycles. The van der Waals surface area contributed by atoms with Crippen molar-refractivity contribution in [1.29, 1.82) is 0 Å².